The van der Waals surface area contributed by atoms with Crippen LogP contribution in [0.2, 0.25) is 0 Å². The average Bonchev–Trinajstić information content (AvgIpc) is 2.52. The van der Waals surface area contributed by atoms with Gasteiger partial charge in [0, 0.05) is 5.88 Å². The normalized spacial score (nSPS) is 10.5. The molecule has 0 spiro atoms. The summed E-state index contributed by atoms with van der Waals surface area (Å²) in [5.74, 6) is -0.195. The van der Waals surface area contributed by atoms with E-state index in [1.54, 1.807) is 18.2 Å². The maximum Gasteiger partial charge on any atom is 0.339 e. The number of benzene rings is 2. The quantitative estimate of drug-likeness (QED) is 0.667. The monoisotopic (exact) mass is 342 g/mol. The van der Waals surface area contributed by atoms with Crippen molar-refractivity contribution in [1.82, 2.24) is 0 Å². The van der Waals surface area contributed by atoms with Crippen molar-refractivity contribution in [3.8, 4) is 11.5 Å². The highest BCUT2D eigenvalue weighted by Gasteiger charge is 2.18. The minimum Gasteiger partial charge on any atom is -0.504 e. The molecule has 120 valence electrons. The molecule has 0 bridgehead atoms. The molecule has 0 aliphatic rings. The van der Waals surface area contributed by atoms with Crippen LogP contribution in [0.5, 0.6) is 11.5 Å². The van der Waals surface area contributed by atoms with Crippen LogP contribution in [0.25, 0.3) is 0 Å². The number of phenols is 1. The number of rotatable bonds is 4. The predicted molar refractivity (Wildman–Crippen MR) is 88.0 cm³/mol. The number of aromatic hydroxyl groups is 1. The van der Waals surface area contributed by atoms with E-state index in [1.165, 1.54) is 24.3 Å². The summed E-state index contributed by atoms with van der Waals surface area (Å²) >= 11 is 5.67. The van der Waals surface area contributed by atoms with Crippen LogP contribution >= 0.6 is 11.6 Å². The summed E-state index contributed by atoms with van der Waals surface area (Å²) in [7, 11) is -3.98. The first-order valence-corrected chi connectivity index (χ1v) is 8.75. The molecule has 6 heteroatoms. The largest absolute Gasteiger partial charge is 0.504 e. The fraction of sp³-hybridized carbons (Fsp3) is 0.250. The van der Waals surface area contributed by atoms with Gasteiger partial charge in [0.25, 0.3) is 0 Å². The predicted octanol–water partition coefficient (Wildman–Crippen LogP) is 4.23. The van der Waals surface area contributed by atoms with Gasteiger partial charge < -0.3 is 9.29 Å². The number of halogens is 1. The second-order valence-corrected chi connectivity index (χ2v) is 6.10. The molecule has 2 aromatic rings. The third-order valence-electron chi connectivity index (χ3n) is 2.69. The van der Waals surface area contributed by atoms with Crippen molar-refractivity contribution in [3.63, 3.8) is 0 Å². The summed E-state index contributed by atoms with van der Waals surface area (Å²) in [6, 6.07) is 10.6. The van der Waals surface area contributed by atoms with Crippen molar-refractivity contribution in [2.75, 3.05) is 0 Å². The van der Waals surface area contributed by atoms with Crippen molar-refractivity contribution in [2.45, 2.75) is 31.5 Å². The summed E-state index contributed by atoms with van der Waals surface area (Å²) in [6.07, 6.45) is 0. The van der Waals surface area contributed by atoms with Gasteiger partial charge in [0.05, 0.1) is 0 Å². The van der Waals surface area contributed by atoms with Gasteiger partial charge >= 0.3 is 10.1 Å². The molecule has 0 saturated heterocycles. The molecule has 1 N–H and O–H groups in total. The molecule has 0 atom stereocenters. The highest BCUT2D eigenvalue weighted by molar-refractivity contribution is 7.87. The van der Waals surface area contributed by atoms with Gasteiger partial charge in [0.1, 0.15) is 4.90 Å². The Morgan fingerprint density at radius 2 is 1.68 bits per heavy atom. The van der Waals surface area contributed by atoms with Gasteiger partial charge in [0.15, 0.2) is 11.5 Å². The molecule has 0 unspecified atom stereocenters. The summed E-state index contributed by atoms with van der Waals surface area (Å²) in [5, 5.41) is 9.65. The van der Waals surface area contributed by atoms with E-state index in [2.05, 4.69) is 0 Å². The number of hydrogen-bond acceptors (Lipinski definition) is 4. The van der Waals surface area contributed by atoms with Crippen molar-refractivity contribution < 1.29 is 17.7 Å². The molecule has 0 saturated carbocycles. The van der Waals surface area contributed by atoms with E-state index in [-0.39, 0.29) is 22.3 Å². The van der Waals surface area contributed by atoms with Gasteiger partial charge in [-0.15, -0.1) is 11.6 Å². The second-order valence-electron chi connectivity index (χ2n) is 4.29. The Kier molecular flexibility index (Phi) is 6.71. The molecule has 0 aliphatic carbocycles. The molecule has 22 heavy (non-hydrogen) atoms. The van der Waals surface area contributed by atoms with Gasteiger partial charge in [-0.05, 0) is 36.8 Å². The maximum absolute atomic E-state index is 12.1. The number of alkyl halides is 1. The third kappa shape index (κ3) is 4.64. The molecule has 2 rings (SSSR count). The zero-order chi connectivity index (χ0) is 16.8. The maximum atomic E-state index is 12.1. The van der Waals surface area contributed by atoms with Gasteiger partial charge in [-0.3, -0.25) is 0 Å². The zero-order valence-corrected chi connectivity index (χ0v) is 14.3. The Morgan fingerprint density at radius 1 is 1.09 bits per heavy atom. The zero-order valence-electron chi connectivity index (χ0n) is 12.7. The Bertz CT molecular complexity index is 709. The van der Waals surface area contributed by atoms with Crippen molar-refractivity contribution in [1.29, 1.82) is 0 Å². The molecule has 0 aliphatic heterocycles. The second kappa shape index (κ2) is 8.06. The van der Waals surface area contributed by atoms with Gasteiger partial charge in [-0.2, -0.15) is 8.42 Å². The third-order valence-corrected chi connectivity index (χ3v) is 4.24. The number of phenolic OH excluding ortho intramolecular Hbond substituents is 1. The topological polar surface area (TPSA) is 63.6 Å². The van der Waals surface area contributed by atoms with Crippen LogP contribution in [0.1, 0.15) is 25.0 Å². The van der Waals surface area contributed by atoms with Crippen LogP contribution in [-0.4, -0.2) is 13.5 Å². The Labute approximate surface area is 136 Å². The van der Waals surface area contributed by atoms with Crippen LogP contribution < -0.4 is 4.18 Å². The molecule has 0 radical (unpaired) electrons. The molecule has 2 aromatic carbocycles. The van der Waals surface area contributed by atoms with Crippen molar-refractivity contribution in [2.24, 2.45) is 0 Å². The van der Waals surface area contributed by atoms with E-state index in [0.29, 0.717) is 5.56 Å². The van der Waals surface area contributed by atoms with E-state index >= 15 is 0 Å². The first-order valence-electron chi connectivity index (χ1n) is 6.81. The van der Waals surface area contributed by atoms with E-state index in [4.69, 9.17) is 15.8 Å². The van der Waals surface area contributed by atoms with E-state index in [9.17, 15) is 13.5 Å². The van der Waals surface area contributed by atoms with Crippen molar-refractivity contribution in [3.05, 3.63) is 53.6 Å². The van der Waals surface area contributed by atoms with E-state index in [1.807, 2.05) is 20.8 Å². The molecule has 0 fully saturated rings. The highest BCUT2D eigenvalue weighted by atomic mass is 35.5. The smallest absolute Gasteiger partial charge is 0.339 e. The number of hydrogen-bond donors (Lipinski definition) is 1. The minimum absolute atomic E-state index is 0.0266. The molecule has 4 nitrogen and oxygen atoms in total. The first kappa shape index (κ1) is 18.3. The van der Waals surface area contributed by atoms with E-state index in [0.717, 1.165) is 5.56 Å². The van der Waals surface area contributed by atoms with Crippen LogP contribution in [0.4, 0.5) is 0 Å². The van der Waals surface area contributed by atoms with Gasteiger partial charge in [-0.25, -0.2) is 0 Å². The minimum atomic E-state index is -3.98. The lowest BCUT2D eigenvalue weighted by molar-refractivity contribution is 0.428. The molecule has 0 heterocycles. The Balaban J connectivity index is 0.00000116. The molecule has 0 aromatic heterocycles. The SMILES string of the molecule is CC.Cc1ccc(S(=O)(=O)Oc2cc(CCl)ccc2O)cc1. The fourth-order valence-corrected chi connectivity index (χ4v) is 2.68. The summed E-state index contributed by atoms with van der Waals surface area (Å²) in [4.78, 5) is 0.0266. The molecular weight excluding hydrogens is 324 g/mol. The lowest BCUT2D eigenvalue weighted by Gasteiger charge is -2.09. The summed E-state index contributed by atoms with van der Waals surface area (Å²) in [5.41, 5.74) is 1.59. The fourth-order valence-electron chi connectivity index (χ4n) is 1.58. The van der Waals surface area contributed by atoms with E-state index < -0.39 is 10.1 Å². The summed E-state index contributed by atoms with van der Waals surface area (Å²) < 4.78 is 29.2. The molecule has 0 amide bonds. The lowest BCUT2D eigenvalue weighted by atomic mass is 10.2. The number of aryl methyl sites for hydroxylation is 1. The Hall–Kier alpha value is -1.72. The highest BCUT2D eigenvalue weighted by Crippen LogP contribution is 2.30. The average molecular weight is 343 g/mol. The van der Waals surface area contributed by atoms with Crippen LogP contribution in [-0.2, 0) is 16.0 Å². The standard InChI is InChI=1S/C14H13ClO4S.C2H6/c1-10-2-5-12(6-3-10)20(17,18)19-14-8-11(9-15)4-7-13(14)16;1-2/h2-8,16H,9H2,1H3;1-2H3. The van der Waals surface area contributed by atoms with Crippen LogP contribution in [0.15, 0.2) is 47.4 Å². The lowest BCUT2D eigenvalue weighted by Crippen LogP contribution is -2.10. The van der Waals surface area contributed by atoms with Gasteiger partial charge in [0.2, 0.25) is 0 Å². The van der Waals surface area contributed by atoms with Gasteiger partial charge in [-0.1, -0.05) is 37.6 Å². The molecular formula is C16H19ClO4S. The van der Waals surface area contributed by atoms with Crippen LogP contribution in [0, 0.1) is 6.92 Å². The summed E-state index contributed by atoms with van der Waals surface area (Å²) in [6.45, 7) is 5.85. The Morgan fingerprint density at radius 3 is 2.23 bits per heavy atom. The van der Waals surface area contributed by atoms with Crippen molar-refractivity contribution >= 4 is 21.7 Å². The van der Waals surface area contributed by atoms with Crippen LogP contribution in [0.3, 0.4) is 0 Å². The first-order chi connectivity index (χ1) is 10.4.